The highest BCUT2D eigenvalue weighted by Gasteiger charge is 2.43. The van der Waals surface area contributed by atoms with Crippen molar-refractivity contribution in [2.45, 2.75) is 25.3 Å². The third-order valence-corrected chi connectivity index (χ3v) is 4.76. The fourth-order valence-corrected chi connectivity index (χ4v) is 3.64. The van der Waals surface area contributed by atoms with E-state index < -0.39 is 0 Å². The lowest BCUT2D eigenvalue weighted by molar-refractivity contribution is -0.137. The lowest BCUT2D eigenvalue weighted by atomic mass is 9.79. The molecule has 0 radical (unpaired) electrons. The zero-order valence-electron chi connectivity index (χ0n) is 13.1. The smallest absolute Gasteiger partial charge is 0.244 e. The standard InChI is InChI=1S/C15H23N5O2/c1-16-13(11-7-18-19(2)8-11)14(22)20-5-3-4-15(10-20)6-12(21)17-9-15/h7-8,13,16H,3-6,9-10H2,1-2H3,(H,17,21). The Hall–Kier alpha value is -1.89. The van der Waals surface area contributed by atoms with Crippen LogP contribution in [0.4, 0.5) is 0 Å². The van der Waals surface area contributed by atoms with Crippen LogP contribution in [0.1, 0.15) is 30.9 Å². The molecule has 2 N–H and O–H groups in total. The largest absolute Gasteiger partial charge is 0.355 e. The summed E-state index contributed by atoms with van der Waals surface area (Å²) in [5, 5.41) is 10.1. The maximum absolute atomic E-state index is 12.9. The molecule has 0 aliphatic carbocycles. The first-order valence-corrected chi connectivity index (χ1v) is 7.74. The van der Waals surface area contributed by atoms with Gasteiger partial charge in [0.2, 0.25) is 11.8 Å². The topological polar surface area (TPSA) is 79.3 Å². The van der Waals surface area contributed by atoms with Crippen molar-refractivity contribution < 1.29 is 9.59 Å². The summed E-state index contributed by atoms with van der Waals surface area (Å²) in [4.78, 5) is 26.4. The van der Waals surface area contributed by atoms with Crippen molar-refractivity contribution in [3.05, 3.63) is 18.0 Å². The van der Waals surface area contributed by atoms with Gasteiger partial charge >= 0.3 is 0 Å². The normalized spacial score (nSPS) is 26.3. The first-order valence-electron chi connectivity index (χ1n) is 7.74. The van der Waals surface area contributed by atoms with Gasteiger partial charge in [-0.25, -0.2) is 0 Å². The predicted octanol–water partition coefficient (Wildman–Crippen LogP) is -0.191. The molecule has 2 amide bonds. The molecule has 7 heteroatoms. The summed E-state index contributed by atoms with van der Waals surface area (Å²) in [5.74, 6) is 0.167. The number of carbonyl (C=O) groups is 2. The number of nitrogens with zero attached hydrogens (tertiary/aromatic N) is 3. The van der Waals surface area contributed by atoms with Crippen LogP contribution in [-0.2, 0) is 16.6 Å². The van der Waals surface area contributed by atoms with E-state index in [2.05, 4.69) is 15.7 Å². The molecule has 7 nitrogen and oxygen atoms in total. The van der Waals surface area contributed by atoms with E-state index in [1.54, 1.807) is 17.9 Å². The number of likely N-dealkylation sites (tertiary alicyclic amines) is 1. The molecular weight excluding hydrogens is 282 g/mol. The van der Waals surface area contributed by atoms with Crippen LogP contribution >= 0.6 is 0 Å². The second-order valence-electron chi connectivity index (χ2n) is 6.49. The zero-order chi connectivity index (χ0) is 15.7. The van der Waals surface area contributed by atoms with Gasteiger partial charge in [0, 0.05) is 50.3 Å². The predicted molar refractivity (Wildman–Crippen MR) is 80.9 cm³/mol. The van der Waals surface area contributed by atoms with E-state index in [0.717, 1.165) is 24.9 Å². The van der Waals surface area contributed by atoms with Gasteiger partial charge in [-0.1, -0.05) is 0 Å². The second-order valence-corrected chi connectivity index (χ2v) is 6.49. The molecule has 22 heavy (non-hydrogen) atoms. The van der Waals surface area contributed by atoms with Crippen LogP contribution in [0.25, 0.3) is 0 Å². The van der Waals surface area contributed by atoms with Gasteiger partial charge in [0.25, 0.3) is 0 Å². The maximum atomic E-state index is 12.9. The van der Waals surface area contributed by atoms with E-state index in [1.807, 2.05) is 18.1 Å². The molecule has 0 saturated carbocycles. The monoisotopic (exact) mass is 305 g/mol. The minimum absolute atomic E-state index is 0.0638. The summed E-state index contributed by atoms with van der Waals surface area (Å²) in [6.07, 6.45) is 6.07. The average molecular weight is 305 g/mol. The summed E-state index contributed by atoms with van der Waals surface area (Å²) in [7, 11) is 3.63. The Bertz CT molecular complexity index is 584. The number of rotatable bonds is 3. The highest BCUT2D eigenvalue weighted by molar-refractivity contribution is 5.84. The minimum atomic E-state index is -0.381. The Morgan fingerprint density at radius 1 is 1.55 bits per heavy atom. The van der Waals surface area contributed by atoms with E-state index >= 15 is 0 Å². The summed E-state index contributed by atoms with van der Waals surface area (Å²) in [6, 6.07) is -0.381. The highest BCUT2D eigenvalue weighted by atomic mass is 16.2. The van der Waals surface area contributed by atoms with Gasteiger partial charge in [0.1, 0.15) is 6.04 Å². The highest BCUT2D eigenvalue weighted by Crippen LogP contribution is 2.36. The van der Waals surface area contributed by atoms with E-state index in [4.69, 9.17) is 0 Å². The Morgan fingerprint density at radius 3 is 2.95 bits per heavy atom. The van der Waals surface area contributed by atoms with Crippen LogP contribution in [0.3, 0.4) is 0 Å². The first-order chi connectivity index (χ1) is 10.5. The molecule has 2 fully saturated rings. The molecule has 1 spiro atoms. The van der Waals surface area contributed by atoms with Crippen molar-refractivity contribution in [3.8, 4) is 0 Å². The van der Waals surface area contributed by atoms with E-state index in [1.165, 1.54) is 0 Å². The van der Waals surface area contributed by atoms with Crippen molar-refractivity contribution in [2.75, 3.05) is 26.7 Å². The van der Waals surface area contributed by atoms with Crippen molar-refractivity contribution in [3.63, 3.8) is 0 Å². The Balaban J connectivity index is 1.74. The van der Waals surface area contributed by atoms with Gasteiger partial charge in [-0.3, -0.25) is 14.3 Å². The van der Waals surface area contributed by atoms with E-state index in [-0.39, 0.29) is 23.3 Å². The maximum Gasteiger partial charge on any atom is 0.244 e. The number of hydrogen-bond donors (Lipinski definition) is 2. The third-order valence-electron chi connectivity index (χ3n) is 4.76. The number of hydrogen-bond acceptors (Lipinski definition) is 4. The molecule has 2 aliphatic rings. The molecule has 1 aromatic rings. The van der Waals surface area contributed by atoms with Crippen LogP contribution < -0.4 is 10.6 Å². The van der Waals surface area contributed by atoms with Crippen LogP contribution in [0.2, 0.25) is 0 Å². The molecule has 3 rings (SSSR count). The van der Waals surface area contributed by atoms with Gasteiger partial charge < -0.3 is 15.5 Å². The molecule has 2 saturated heterocycles. The number of aryl methyl sites for hydroxylation is 1. The number of aromatic nitrogens is 2. The minimum Gasteiger partial charge on any atom is -0.355 e. The van der Waals surface area contributed by atoms with Gasteiger partial charge in [0.15, 0.2) is 0 Å². The number of carbonyl (C=O) groups excluding carboxylic acids is 2. The molecule has 3 heterocycles. The fourth-order valence-electron chi connectivity index (χ4n) is 3.64. The van der Waals surface area contributed by atoms with Gasteiger partial charge in [-0.15, -0.1) is 0 Å². The van der Waals surface area contributed by atoms with Crippen molar-refractivity contribution in [2.24, 2.45) is 12.5 Å². The van der Waals surface area contributed by atoms with Crippen molar-refractivity contribution in [1.82, 2.24) is 25.3 Å². The quantitative estimate of drug-likeness (QED) is 0.811. The molecule has 2 atom stereocenters. The molecule has 0 bridgehead atoms. The van der Waals surface area contributed by atoms with Crippen LogP contribution in [-0.4, -0.2) is 53.2 Å². The number of amides is 2. The molecule has 0 aromatic carbocycles. The Kier molecular flexibility index (Phi) is 3.90. The fraction of sp³-hybridized carbons (Fsp3) is 0.667. The lowest BCUT2D eigenvalue weighted by Crippen LogP contribution is -2.50. The van der Waals surface area contributed by atoms with Crippen molar-refractivity contribution in [1.29, 1.82) is 0 Å². The lowest BCUT2D eigenvalue weighted by Gasteiger charge is -2.40. The number of nitrogens with one attached hydrogen (secondary N) is 2. The van der Waals surface area contributed by atoms with Gasteiger partial charge in [0.05, 0.1) is 6.20 Å². The van der Waals surface area contributed by atoms with Gasteiger partial charge in [-0.05, 0) is 19.9 Å². The summed E-state index contributed by atoms with van der Waals surface area (Å²) in [5.41, 5.74) is 0.799. The third kappa shape index (κ3) is 2.72. The molecule has 2 unspecified atom stereocenters. The summed E-state index contributed by atoms with van der Waals surface area (Å²) in [6.45, 7) is 2.10. The van der Waals surface area contributed by atoms with Crippen molar-refractivity contribution >= 4 is 11.8 Å². The molecule has 2 aliphatic heterocycles. The van der Waals surface area contributed by atoms with Gasteiger partial charge in [-0.2, -0.15) is 5.10 Å². The SMILES string of the molecule is CNC(C(=O)N1CCCC2(CNC(=O)C2)C1)c1cnn(C)c1. The zero-order valence-corrected chi connectivity index (χ0v) is 13.1. The van der Waals surface area contributed by atoms with Crippen LogP contribution in [0, 0.1) is 5.41 Å². The molecule has 120 valence electrons. The van der Waals surface area contributed by atoms with Crippen LogP contribution in [0.5, 0.6) is 0 Å². The molecule has 1 aromatic heterocycles. The summed E-state index contributed by atoms with van der Waals surface area (Å²) < 4.78 is 1.70. The van der Waals surface area contributed by atoms with Crippen LogP contribution in [0.15, 0.2) is 12.4 Å². The second kappa shape index (κ2) is 5.72. The average Bonchev–Trinajstić information content (AvgIpc) is 3.07. The first kappa shape index (κ1) is 15.0. The number of likely N-dealkylation sites (N-methyl/N-ethyl adjacent to an activating group) is 1. The van der Waals surface area contributed by atoms with E-state index in [9.17, 15) is 9.59 Å². The summed E-state index contributed by atoms with van der Waals surface area (Å²) >= 11 is 0. The number of piperidine rings is 1. The van der Waals surface area contributed by atoms with E-state index in [0.29, 0.717) is 19.5 Å². The Morgan fingerprint density at radius 2 is 2.36 bits per heavy atom. The Labute approximate surface area is 130 Å². The molecular formula is C15H23N5O2.